The average Bonchev–Trinajstić information content (AvgIpc) is 2.77. The van der Waals surface area contributed by atoms with Crippen molar-refractivity contribution in [1.82, 2.24) is 9.80 Å². The highest BCUT2D eigenvalue weighted by atomic mass is 35.5. The predicted molar refractivity (Wildman–Crippen MR) is 114 cm³/mol. The molecule has 3 rings (SSSR count). The summed E-state index contributed by atoms with van der Waals surface area (Å²) in [7, 11) is 1.59. The van der Waals surface area contributed by atoms with E-state index in [4.69, 9.17) is 25.8 Å². The van der Waals surface area contributed by atoms with Crippen molar-refractivity contribution < 1.29 is 23.8 Å². The van der Waals surface area contributed by atoms with E-state index in [1.807, 2.05) is 21.9 Å². The Morgan fingerprint density at radius 2 is 1.97 bits per heavy atom. The summed E-state index contributed by atoms with van der Waals surface area (Å²) in [5, 5.41) is 0.603. The lowest BCUT2D eigenvalue weighted by atomic mass is 9.77. The standard InChI is InChI=1S/C22H31ClN2O5/c1-28-11-6-20(26)25-8-3-7-22(16-25,15-21(27)24-9-12-29-13-10-24)17-30-19-5-2-4-18(23)14-19/h2,4-5,14H,3,6-13,15-17H2,1H3/t22-/m1/s1. The van der Waals surface area contributed by atoms with E-state index < -0.39 is 5.41 Å². The summed E-state index contributed by atoms with van der Waals surface area (Å²) >= 11 is 6.08. The molecule has 1 aromatic carbocycles. The summed E-state index contributed by atoms with van der Waals surface area (Å²) in [6.45, 7) is 4.32. The Morgan fingerprint density at radius 3 is 2.70 bits per heavy atom. The van der Waals surface area contributed by atoms with Gasteiger partial charge in [-0.05, 0) is 31.0 Å². The summed E-state index contributed by atoms with van der Waals surface area (Å²) < 4.78 is 16.5. The first kappa shape index (κ1) is 22.8. The molecule has 2 heterocycles. The largest absolute Gasteiger partial charge is 0.493 e. The van der Waals surface area contributed by atoms with E-state index in [0.29, 0.717) is 76.2 Å². The first-order valence-corrected chi connectivity index (χ1v) is 10.9. The minimum absolute atomic E-state index is 0.0579. The van der Waals surface area contributed by atoms with Crippen LogP contribution in [0.3, 0.4) is 0 Å². The van der Waals surface area contributed by atoms with E-state index in [1.54, 1.807) is 19.2 Å². The minimum atomic E-state index is -0.432. The van der Waals surface area contributed by atoms with Crippen molar-refractivity contribution in [3.05, 3.63) is 29.3 Å². The lowest BCUT2D eigenvalue weighted by Gasteiger charge is -2.43. The Hall–Kier alpha value is -1.83. The highest BCUT2D eigenvalue weighted by Gasteiger charge is 2.41. The van der Waals surface area contributed by atoms with Crippen LogP contribution in [0.5, 0.6) is 5.75 Å². The minimum Gasteiger partial charge on any atom is -0.493 e. The second kappa shape index (κ2) is 11.0. The molecule has 2 amide bonds. The van der Waals surface area contributed by atoms with Gasteiger partial charge in [-0.3, -0.25) is 9.59 Å². The van der Waals surface area contributed by atoms with Crippen molar-refractivity contribution in [3.63, 3.8) is 0 Å². The molecule has 0 radical (unpaired) electrons. The second-order valence-electron chi connectivity index (χ2n) is 8.08. The molecule has 2 saturated heterocycles. The molecule has 30 heavy (non-hydrogen) atoms. The van der Waals surface area contributed by atoms with E-state index in [-0.39, 0.29) is 11.8 Å². The van der Waals surface area contributed by atoms with Crippen LogP contribution in [0, 0.1) is 5.41 Å². The third-order valence-corrected chi connectivity index (χ3v) is 6.00. The zero-order valence-corrected chi connectivity index (χ0v) is 18.4. The van der Waals surface area contributed by atoms with Crippen LogP contribution in [-0.2, 0) is 19.1 Å². The normalized spacial score (nSPS) is 22.1. The number of carbonyl (C=O) groups is 2. The van der Waals surface area contributed by atoms with Crippen molar-refractivity contribution in [2.75, 3.05) is 59.7 Å². The molecule has 0 spiro atoms. The summed E-state index contributed by atoms with van der Waals surface area (Å²) in [4.78, 5) is 29.4. The molecule has 1 aromatic rings. The number of hydrogen-bond acceptors (Lipinski definition) is 5. The molecule has 8 heteroatoms. The van der Waals surface area contributed by atoms with Gasteiger partial charge in [-0.15, -0.1) is 0 Å². The Morgan fingerprint density at radius 1 is 1.17 bits per heavy atom. The maximum absolute atomic E-state index is 13.1. The number of halogens is 1. The third kappa shape index (κ3) is 6.33. The van der Waals surface area contributed by atoms with Gasteiger partial charge in [-0.25, -0.2) is 0 Å². The van der Waals surface area contributed by atoms with Crippen LogP contribution in [0.4, 0.5) is 0 Å². The number of ether oxygens (including phenoxy) is 3. The van der Waals surface area contributed by atoms with E-state index in [0.717, 1.165) is 12.8 Å². The first-order chi connectivity index (χ1) is 14.5. The predicted octanol–water partition coefficient (Wildman–Crippen LogP) is 2.61. The molecule has 0 bridgehead atoms. The van der Waals surface area contributed by atoms with Crippen molar-refractivity contribution in [2.45, 2.75) is 25.7 Å². The molecule has 0 unspecified atom stereocenters. The maximum Gasteiger partial charge on any atom is 0.224 e. The Bertz CT molecular complexity index is 725. The van der Waals surface area contributed by atoms with Crippen molar-refractivity contribution in [3.8, 4) is 5.75 Å². The third-order valence-electron chi connectivity index (χ3n) is 5.77. The Balaban J connectivity index is 1.72. The van der Waals surface area contributed by atoms with E-state index in [1.165, 1.54) is 0 Å². The van der Waals surface area contributed by atoms with Gasteiger partial charge in [0.1, 0.15) is 5.75 Å². The van der Waals surface area contributed by atoms with Crippen molar-refractivity contribution in [2.24, 2.45) is 5.41 Å². The molecular formula is C22H31ClN2O5. The van der Waals surface area contributed by atoms with Gasteiger partial charge in [0.15, 0.2) is 0 Å². The Kier molecular flexibility index (Phi) is 8.36. The number of methoxy groups -OCH3 is 1. The number of piperidine rings is 1. The van der Waals surface area contributed by atoms with Gasteiger partial charge in [-0.1, -0.05) is 17.7 Å². The van der Waals surface area contributed by atoms with Gasteiger partial charge in [0.25, 0.3) is 0 Å². The molecule has 2 fully saturated rings. The molecule has 2 aliphatic heterocycles. The fraction of sp³-hybridized carbons (Fsp3) is 0.636. The summed E-state index contributed by atoms with van der Waals surface area (Å²) in [6, 6.07) is 7.25. The fourth-order valence-electron chi connectivity index (χ4n) is 4.12. The number of rotatable bonds is 8. The quantitative estimate of drug-likeness (QED) is 0.624. The summed E-state index contributed by atoms with van der Waals surface area (Å²) in [5.74, 6) is 0.824. The number of morpholine rings is 1. The van der Waals surface area contributed by atoms with E-state index in [2.05, 4.69) is 0 Å². The molecule has 1 atom stereocenters. The van der Waals surface area contributed by atoms with E-state index >= 15 is 0 Å². The van der Waals surface area contributed by atoms with Crippen LogP contribution in [0.15, 0.2) is 24.3 Å². The van der Waals surface area contributed by atoms with Crippen LogP contribution in [0.25, 0.3) is 0 Å². The number of hydrogen-bond donors (Lipinski definition) is 0. The molecule has 166 valence electrons. The molecular weight excluding hydrogens is 408 g/mol. The first-order valence-electron chi connectivity index (χ1n) is 10.5. The van der Waals surface area contributed by atoms with Gasteiger partial charge in [0.2, 0.25) is 11.8 Å². The lowest BCUT2D eigenvalue weighted by molar-refractivity contribution is -0.144. The number of amides is 2. The molecule has 0 saturated carbocycles. The molecule has 2 aliphatic rings. The van der Waals surface area contributed by atoms with Gasteiger partial charge in [0, 0.05) is 50.1 Å². The van der Waals surface area contributed by atoms with Crippen LogP contribution in [-0.4, -0.2) is 81.3 Å². The van der Waals surface area contributed by atoms with Gasteiger partial charge < -0.3 is 24.0 Å². The second-order valence-corrected chi connectivity index (χ2v) is 8.51. The van der Waals surface area contributed by atoms with Gasteiger partial charge in [0.05, 0.1) is 32.8 Å². The van der Waals surface area contributed by atoms with Crippen LogP contribution in [0.2, 0.25) is 5.02 Å². The van der Waals surface area contributed by atoms with Crippen LogP contribution >= 0.6 is 11.6 Å². The highest BCUT2D eigenvalue weighted by Crippen LogP contribution is 2.36. The fourth-order valence-corrected chi connectivity index (χ4v) is 4.30. The monoisotopic (exact) mass is 438 g/mol. The van der Waals surface area contributed by atoms with Crippen molar-refractivity contribution in [1.29, 1.82) is 0 Å². The molecule has 0 aliphatic carbocycles. The zero-order chi connectivity index (χ0) is 21.4. The topological polar surface area (TPSA) is 68.3 Å². The zero-order valence-electron chi connectivity index (χ0n) is 17.6. The van der Waals surface area contributed by atoms with Crippen LogP contribution < -0.4 is 4.74 Å². The molecule has 0 N–H and O–H groups in total. The highest BCUT2D eigenvalue weighted by molar-refractivity contribution is 6.30. The molecule has 7 nitrogen and oxygen atoms in total. The SMILES string of the molecule is COCCC(=O)N1CCC[C@@](COc2cccc(Cl)c2)(CC(=O)N2CCOCC2)C1. The maximum atomic E-state index is 13.1. The van der Waals surface area contributed by atoms with Gasteiger partial charge >= 0.3 is 0 Å². The number of carbonyl (C=O) groups excluding carboxylic acids is 2. The summed E-state index contributed by atoms with van der Waals surface area (Å²) in [5.41, 5.74) is -0.432. The van der Waals surface area contributed by atoms with Crippen molar-refractivity contribution >= 4 is 23.4 Å². The van der Waals surface area contributed by atoms with E-state index in [9.17, 15) is 9.59 Å². The van der Waals surface area contributed by atoms with Gasteiger partial charge in [-0.2, -0.15) is 0 Å². The smallest absolute Gasteiger partial charge is 0.224 e. The lowest BCUT2D eigenvalue weighted by Crippen LogP contribution is -2.52. The number of likely N-dealkylation sites (tertiary alicyclic amines) is 1. The number of nitrogens with zero attached hydrogens (tertiary/aromatic N) is 2. The summed E-state index contributed by atoms with van der Waals surface area (Å²) in [6.07, 6.45) is 2.37. The molecule has 0 aromatic heterocycles. The van der Waals surface area contributed by atoms with Crippen LogP contribution in [0.1, 0.15) is 25.7 Å². The average molecular weight is 439 g/mol. The Labute approximate surface area is 183 Å². The number of benzene rings is 1.